The molecule has 7 heteroatoms. The Hall–Kier alpha value is -1.86. The molecule has 3 rings (SSSR count). The second-order valence-corrected chi connectivity index (χ2v) is 6.94. The second-order valence-electron chi connectivity index (χ2n) is 6.94. The summed E-state index contributed by atoms with van der Waals surface area (Å²) in [5, 5.41) is 9.75. The van der Waals surface area contributed by atoms with Crippen molar-refractivity contribution in [2.24, 2.45) is 5.92 Å². The molecule has 0 saturated carbocycles. The molecule has 138 valence electrons. The molecule has 2 atom stereocenters. The van der Waals surface area contributed by atoms with Crippen molar-refractivity contribution in [2.75, 3.05) is 39.3 Å². The average molecular weight is 349 g/mol. The van der Waals surface area contributed by atoms with Crippen LogP contribution < -0.4 is 0 Å². The van der Waals surface area contributed by atoms with Gasteiger partial charge in [-0.15, -0.1) is 0 Å². The largest absolute Gasteiger partial charge is 0.467 e. The SMILES string of the molecule is CC[C@@H](O)CN1CCN(C(=O)[C@@H]2CC(=O)N(Cc3ccco3)C2)CC1. The van der Waals surface area contributed by atoms with Crippen LogP contribution in [0.25, 0.3) is 0 Å². The minimum absolute atomic E-state index is 0.0134. The molecule has 7 nitrogen and oxygen atoms in total. The fourth-order valence-corrected chi connectivity index (χ4v) is 3.52. The fraction of sp³-hybridized carbons (Fsp3) is 0.667. The van der Waals surface area contributed by atoms with Crippen LogP contribution in [0.3, 0.4) is 0 Å². The van der Waals surface area contributed by atoms with Crippen LogP contribution in [0, 0.1) is 5.92 Å². The summed E-state index contributed by atoms with van der Waals surface area (Å²) in [4.78, 5) is 30.7. The Morgan fingerprint density at radius 2 is 2.12 bits per heavy atom. The van der Waals surface area contributed by atoms with E-state index in [1.54, 1.807) is 17.2 Å². The van der Waals surface area contributed by atoms with Gasteiger partial charge in [0.25, 0.3) is 0 Å². The van der Waals surface area contributed by atoms with Crippen LogP contribution in [0.4, 0.5) is 0 Å². The zero-order valence-electron chi connectivity index (χ0n) is 14.8. The molecule has 0 bridgehead atoms. The van der Waals surface area contributed by atoms with E-state index in [0.29, 0.717) is 32.7 Å². The van der Waals surface area contributed by atoms with Crippen molar-refractivity contribution in [3.05, 3.63) is 24.2 Å². The second kappa shape index (κ2) is 8.01. The maximum Gasteiger partial charge on any atom is 0.228 e. The van der Waals surface area contributed by atoms with Gasteiger partial charge < -0.3 is 19.3 Å². The van der Waals surface area contributed by atoms with Gasteiger partial charge in [-0.05, 0) is 18.6 Å². The van der Waals surface area contributed by atoms with Gasteiger partial charge in [0.15, 0.2) is 0 Å². The number of β-amino-alcohol motifs (C(OH)–C–C–N with tert-alkyl or cyclic N) is 1. The highest BCUT2D eigenvalue weighted by molar-refractivity contribution is 5.89. The number of aliphatic hydroxyl groups is 1. The van der Waals surface area contributed by atoms with Crippen LogP contribution in [0.2, 0.25) is 0 Å². The van der Waals surface area contributed by atoms with E-state index in [4.69, 9.17) is 4.42 Å². The molecule has 0 radical (unpaired) electrons. The number of carbonyl (C=O) groups is 2. The van der Waals surface area contributed by atoms with Gasteiger partial charge in [0, 0.05) is 45.7 Å². The molecule has 1 aromatic heterocycles. The molecule has 0 aliphatic carbocycles. The first-order valence-electron chi connectivity index (χ1n) is 9.06. The first-order chi connectivity index (χ1) is 12.1. The lowest BCUT2D eigenvalue weighted by atomic mass is 10.1. The van der Waals surface area contributed by atoms with Crippen molar-refractivity contribution in [3.63, 3.8) is 0 Å². The average Bonchev–Trinajstić information content (AvgIpc) is 3.25. The van der Waals surface area contributed by atoms with Gasteiger partial charge in [-0.1, -0.05) is 6.92 Å². The van der Waals surface area contributed by atoms with E-state index in [9.17, 15) is 14.7 Å². The van der Waals surface area contributed by atoms with Gasteiger partial charge in [-0.25, -0.2) is 0 Å². The van der Waals surface area contributed by atoms with E-state index in [0.717, 1.165) is 25.3 Å². The van der Waals surface area contributed by atoms with Crippen LogP contribution >= 0.6 is 0 Å². The van der Waals surface area contributed by atoms with Crippen molar-refractivity contribution in [1.29, 1.82) is 0 Å². The molecule has 1 N–H and O–H groups in total. The van der Waals surface area contributed by atoms with Crippen LogP contribution in [-0.2, 0) is 16.1 Å². The predicted molar refractivity (Wildman–Crippen MR) is 91.5 cm³/mol. The van der Waals surface area contributed by atoms with Crippen LogP contribution in [0.15, 0.2) is 22.8 Å². The Labute approximate surface area is 148 Å². The number of nitrogens with zero attached hydrogens (tertiary/aromatic N) is 3. The molecule has 2 fully saturated rings. The highest BCUT2D eigenvalue weighted by Crippen LogP contribution is 2.23. The summed E-state index contributed by atoms with van der Waals surface area (Å²) < 4.78 is 5.29. The maximum atomic E-state index is 12.7. The van der Waals surface area contributed by atoms with E-state index in [2.05, 4.69) is 4.90 Å². The van der Waals surface area contributed by atoms with Gasteiger partial charge in [0.1, 0.15) is 5.76 Å². The standard InChI is InChI=1S/C18H27N3O4/c1-2-15(22)12-19-5-7-20(8-6-19)18(24)14-10-17(23)21(11-14)13-16-4-3-9-25-16/h3-4,9,14-15,22H,2,5-8,10-13H2,1H3/t14-,15-/m1/s1. The lowest BCUT2D eigenvalue weighted by Crippen LogP contribution is -2.52. The summed E-state index contributed by atoms with van der Waals surface area (Å²) in [6.07, 6.45) is 2.32. The maximum absolute atomic E-state index is 12.7. The van der Waals surface area contributed by atoms with Gasteiger partial charge >= 0.3 is 0 Å². The summed E-state index contributed by atoms with van der Waals surface area (Å²) in [6.45, 7) is 6.41. The lowest BCUT2D eigenvalue weighted by molar-refractivity contribution is -0.137. The molecular formula is C18H27N3O4. The normalized spacial score (nSPS) is 23.3. The Morgan fingerprint density at radius 3 is 2.76 bits per heavy atom. The number of piperazine rings is 1. The number of rotatable bonds is 6. The number of amides is 2. The van der Waals surface area contributed by atoms with Gasteiger partial charge in [-0.2, -0.15) is 0 Å². The van der Waals surface area contributed by atoms with Gasteiger partial charge in [-0.3, -0.25) is 14.5 Å². The molecule has 0 spiro atoms. The highest BCUT2D eigenvalue weighted by Gasteiger charge is 2.37. The van der Waals surface area contributed by atoms with Crippen molar-refractivity contribution in [2.45, 2.75) is 32.4 Å². The third-order valence-corrected chi connectivity index (χ3v) is 5.11. The van der Waals surface area contributed by atoms with E-state index < -0.39 is 0 Å². The molecule has 2 amide bonds. The zero-order valence-corrected chi connectivity index (χ0v) is 14.8. The molecule has 0 aromatic carbocycles. The van der Waals surface area contributed by atoms with Crippen LogP contribution in [0.5, 0.6) is 0 Å². The monoisotopic (exact) mass is 349 g/mol. The molecule has 3 heterocycles. The third-order valence-electron chi connectivity index (χ3n) is 5.11. The number of hydrogen-bond acceptors (Lipinski definition) is 5. The number of aliphatic hydroxyl groups excluding tert-OH is 1. The minimum atomic E-state index is -0.301. The topological polar surface area (TPSA) is 77.2 Å². The first kappa shape index (κ1) is 17.9. The van der Waals surface area contributed by atoms with E-state index in [1.807, 2.05) is 17.9 Å². The molecule has 2 aliphatic rings. The summed E-state index contributed by atoms with van der Waals surface area (Å²) >= 11 is 0. The fourth-order valence-electron chi connectivity index (χ4n) is 3.52. The predicted octanol–water partition coefficient (Wildman–Crippen LogP) is 0.543. The Balaban J connectivity index is 1.48. The van der Waals surface area contributed by atoms with Crippen molar-refractivity contribution >= 4 is 11.8 Å². The molecule has 1 aromatic rings. The quantitative estimate of drug-likeness (QED) is 0.811. The van der Waals surface area contributed by atoms with E-state index in [1.165, 1.54) is 0 Å². The summed E-state index contributed by atoms with van der Waals surface area (Å²) in [7, 11) is 0. The number of likely N-dealkylation sites (tertiary alicyclic amines) is 1. The number of hydrogen-bond donors (Lipinski definition) is 1. The molecule has 0 unspecified atom stereocenters. The van der Waals surface area contributed by atoms with Crippen molar-refractivity contribution < 1.29 is 19.1 Å². The Kier molecular flexibility index (Phi) is 5.75. The van der Waals surface area contributed by atoms with Crippen molar-refractivity contribution in [3.8, 4) is 0 Å². The Bertz CT molecular complexity index is 581. The number of furan rings is 1. The molecule has 25 heavy (non-hydrogen) atoms. The zero-order chi connectivity index (χ0) is 17.8. The molecule has 2 aliphatic heterocycles. The van der Waals surface area contributed by atoms with Crippen LogP contribution in [-0.4, -0.2) is 77.0 Å². The number of carbonyl (C=O) groups excluding carboxylic acids is 2. The summed E-state index contributed by atoms with van der Waals surface area (Å²) in [5.74, 6) is 0.574. The van der Waals surface area contributed by atoms with E-state index >= 15 is 0 Å². The van der Waals surface area contributed by atoms with Crippen molar-refractivity contribution in [1.82, 2.24) is 14.7 Å². The smallest absolute Gasteiger partial charge is 0.228 e. The Morgan fingerprint density at radius 1 is 1.36 bits per heavy atom. The molecule has 2 saturated heterocycles. The lowest BCUT2D eigenvalue weighted by Gasteiger charge is -2.36. The summed E-state index contributed by atoms with van der Waals surface area (Å²) in [5.41, 5.74) is 0. The first-order valence-corrected chi connectivity index (χ1v) is 9.06. The van der Waals surface area contributed by atoms with Crippen LogP contribution in [0.1, 0.15) is 25.5 Å². The minimum Gasteiger partial charge on any atom is -0.467 e. The third kappa shape index (κ3) is 4.41. The highest BCUT2D eigenvalue weighted by atomic mass is 16.3. The van der Waals surface area contributed by atoms with Gasteiger partial charge in [0.2, 0.25) is 11.8 Å². The summed E-state index contributed by atoms with van der Waals surface area (Å²) in [6, 6.07) is 3.64. The van der Waals surface area contributed by atoms with Gasteiger partial charge in [0.05, 0.1) is 24.8 Å². The van der Waals surface area contributed by atoms with E-state index in [-0.39, 0.29) is 30.3 Å². The molecular weight excluding hydrogens is 322 g/mol.